The lowest BCUT2D eigenvalue weighted by Crippen LogP contribution is -1.47. The summed E-state index contributed by atoms with van der Waals surface area (Å²) in [6, 6.07) is 0. The molecule has 56 valence electrons. The number of hydrogen-bond donors (Lipinski definition) is 0. The highest BCUT2D eigenvalue weighted by Gasteiger charge is 1.49. The summed E-state index contributed by atoms with van der Waals surface area (Å²) in [4.78, 5) is 0. The van der Waals surface area contributed by atoms with Crippen molar-refractivity contribution in [2.75, 3.05) is 0 Å². The van der Waals surface area contributed by atoms with Crippen LogP contribution in [0.4, 0.5) is 0 Å². The van der Waals surface area contributed by atoms with Gasteiger partial charge in [0.2, 0.25) is 32.6 Å². The Bertz CT molecular complexity index is 34.1. The van der Waals surface area contributed by atoms with Crippen LogP contribution >= 0.6 is 24.8 Å². The van der Waals surface area contributed by atoms with Crippen molar-refractivity contribution in [2.24, 2.45) is 0 Å². The number of allylic oxidation sites excluding steroid dienone is 1. The highest BCUT2D eigenvalue weighted by molar-refractivity contribution is 6.09. The van der Waals surface area contributed by atoms with Crippen LogP contribution in [0.5, 0.6) is 0 Å². The molecule has 0 fully saturated rings. The second-order valence-electron chi connectivity index (χ2n) is 1.40. The zero-order valence-electron chi connectivity index (χ0n) is 6.52. The molecule has 0 amide bonds. The van der Waals surface area contributed by atoms with E-state index in [-0.39, 0.29) is 24.8 Å². The summed E-state index contributed by atoms with van der Waals surface area (Å²) in [5, 5.41) is 2.61. The normalized spacial score (nSPS) is 4.56. The van der Waals surface area contributed by atoms with Gasteiger partial charge in [-0.3, -0.25) is 0 Å². The zero-order chi connectivity index (χ0) is 6.12. The molecule has 0 spiro atoms. The Labute approximate surface area is 87.1 Å². The van der Waals surface area contributed by atoms with Crippen LogP contribution in [-0.4, -0.2) is 32.6 Å². The van der Waals surface area contributed by atoms with Crippen LogP contribution in [0, 0.1) is 0 Å². The minimum absolute atomic E-state index is 0. The van der Waals surface area contributed by atoms with Gasteiger partial charge in [-0.05, 0) is 0 Å². The Morgan fingerprint density at radius 2 is 1.44 bits per heavy atom. The first kappa shape index (κ1) is 22.4. The van der Waals surface area contributed by atoms with Crippen LogP contribution in [0.25, 0.3) is 0 Å². The molecule has 0 aromatic rings. The second-order valence-corrected chi connectivity index (χ2v) is 3.63. The molecule has 9 heavy (non-hydrogen) atoms. The maximum absolute atomic E-state index is 3.51. The minimum atomic E-state index is 0. The molecule has 0 aliphatic heterocycles. The first-order valence-corrected chi connectivity index (χ1v) is 5.77. The topological polar surface area (TPSA) is 0 Å². The fraction of sp³-hybridized carbons (Fsp3) is 0.600. The van der Waals surface area contributed by atoms with Gasteiger partial charge in [0, 0.05) is 0 Å². The Morgan fingerprint density at radius 3 is 1.44 bits per heavy atom. The van der Waals surface area contributed by atoms with E-state index in [1.54, 1.807) is 0 Å². The summed E-state index contributed by atoms with van der Waals surface area (Å²) in [5.41, 5.74) is 0. The number of halogens is 2. The number of hydrogen-bond acceptors (Lipinski definition) is 0. The van der Waals surface area contributed by atoms with Crippen LogP contribution in [-0.2, 0) is 0 Å². The molecule has 4 heteroatoms. The van der Waals surface area contributed by atoms with E-state index in [2.05, 4.69) is 13.5 Å². The lowest BCUT2D eigenvalue weighted by atomic mass is 10.8. The molecule has 0 nitrogen and oxygen atoms in total. The monoisotopic (exact) mass is 200 g/mol. The van der Waals surface area contributed by atoms with Gasteiger partial charge in [0.05, 0.1) is 0 Å². The SMILES string of the molecule is C=C[CH2][AlH2].C[CH2][AlH2].Cl.Cl. The fourth-order valence-electron chi connectivity index (χ4n) is 0. The predicted octanol–water partition coefficient (Wildman–Crippen LogP) is 1.13. The maximum atomic E-state index is 3.51. The van der Waals surface area contributed by atoms with Crippen molar-refractivity contribution in [1.29, 1.82) is 0 Å². The van der Waals surface area contributed by atoms with Gasteiger partial charge < -0.3 is 0 Å². The van der Waals surface area contributed by atoms with Gasteiger partial charge in [-0.2, -0.15) is 0 Å². The molecule has 0 aromatic carbocycles. The fourth-order valence-corrected chi connectivity index (χ4v) is 0. The first-order valence-electron chi connectivity index (χ1n) is 2.94. The first-order chi connectivity index (χ1) is 3.33. The number of rotatable bonds is 1. The van der Waals surface area contributed by atoms with Crippen molar-refractivity contribution in [2.45, 2.75) is 17.5 Å². The van der Waals surface area contributed by atoms with Gasteiger partial charge in [-0.15, -0.1) is 42.8 Å². The lowest BCUT2D eigenvalue weighted by Gasteiger charge is -1.55. The molecule has 0 atom stereocenters. The summed E-state index contributed by atoms with van der Waals surface area (Å²) in [6.45, 7) is 5.70. The Hall–Kier alpha value is 1.38. The van der Waals surface area contributed by atoms with Gasteiger partial charge in [0.1, 0.15) is 0 Å². The molecule has 0 aromatic heterocycles. The maximum Gasteiger partial charge on any atom is 0.217 e. The minimum Gasteiger partial charge on any atom is -0.147 e. The van der Waals surface area contributed by atoms with E-state index in [1.165, 1.54) is 43.1 Å². The summed E-state index contributed by atoms with van der Waals surface area (Å²) in [6.07, 6.45) is 1.94. The molecule has 0 N–H and O–H groups in total. The molecule has 0 rings (SSSR count). The van der Waals surface area contributed by atoms with E-state index in [9.17, 15) is 0 Å². The average molecular weight is 201 g/mol. The van der Waals surface area contributed by atoms with Crippen LogP contribution < -0.4 is 0 Å². The van der Waals surface area contributed by atoms with Crippen LogP contribution in [0.2, 0.25) is 10.6 Å². The lowest BCUT2D eigenvalue weighted by molar-refractivity contribution is 1.48. The molecule has 0 saturated carbocycles. The third-order valence-electron chi connectivity index (χ3n) is 0.289. The highest BCUT2D eigenvalue weighted by atomic mass is 35.5. The van der Waals surface area contributed by atoms with Gasteiger partial charge >= 0.3 is 0 Å². The summed E-state index contributed by atoms with van der Waals surface area (Å²) < 4.78 is 0. The quantitative estimate of drug-likeness (QED) is 0.440. The average Bonchev–Trinajstić information content (AvgIpc) is 1.69. The Balaban J connectivity index is -0.0000000233. The van der Waals surface area contributed by atoms with Crippen molar-refractivity contribution in [1.82, 2.24) is 0 Å². The molecule has 0 unspecified atom stereocenters. The molecular formula is C5H16Al2Cl2. The van der Waals surface area contributed by atoms with Crippen molar-refractivity contribution in [3.05, 3.63) is 12.7 Å². The molecule has 0 heterocycles. The van der Waals surface area contributed by atoms with Crippen molar-refractivity contribution in [3.63, 3.8) is 0 Å². The van der Waals surface area contributed by atoms with Gasteiger partial charge in [0.25, 0.3) is 0 Å². The van der Waals surface area contributed by atoms with Crippen molar-refractivity contribution in [3.8, 4) is 0 Å². The summed E-state index contributed by atoms with van der Waals surface area (Å²) in [5.74, 6) is 0. The molecule has 0 radical (unpaired) electrons. The largest absolute Gasteiger partial charge is 0.217 e. The van der Waals surface area contributed by atoms with Crippen LogP contribution in [0.1, 0.15) is 6.92 Å². The third kappa shape index (κ3) is 90.0. The molecule has 0 bridgehead atoms. The van der Waals surface area contributed by atoms with Gasteiger partial charge in [0.15, 0.2) is 0 Å². The van der Waals surface area contributed by atoms with Crippen LogP contribution in [0.15, 0.2) is 12.7 Å². The predicted molar refractivity (Wildman–Crippen MR) is 57.1 cm³/mol. The second kappa shape index (κ2) is 34.3. The summed E-state index contributed by atoms with van der Waals surface area (Å²) in [7, 11) is 0. The highest BCUT2D eigenvalue weighted by Crippen LogP contribution is 1.61. The zero-order valence-corrected chi connectivity index (χ0v) is 12.1. The van der Waals surface area contributed by atoms with E-state index in [0.717, 1.165) is 0 Å². The smallest absolute Gasteiger partial charge is 0.147 e. The van der Waals surface area contributed by atoms with E-state index in [1.807, 2.05) is 6.08 Å². The van der Waals surface area contributed by atoms with E-state index < -0.39 is 0 Å². The standard InChI is InChI=1S/C3H5.C2H5.2Al.2ClH.4H/c1-3-2;1-2;;;;;;;;/h3H,1-2H2;1H2,2H3;;;2*1H;;;;. The molecule has 0 aliphatic carbocycles. The van der Waals surface area contributed by atoms with E-state index >= 15 is 0 Å². The Morgan fingerprint density at radius 1 is 1.33 bits per heavy atom. The summed E-state index contributed by atoms with van der Waals surface area (Å²) >= 11 is 2.64. The molecule has 0 saturated heterocycles. The van der Waals surface area contributed by atoms with E-state index in [4.69, 9.17) is 0 Å². The van der Waals surface area contributed by atoms with Crippen molar-refractivity contribution >= 4 is 57.4 Å². The van der Waals surface area contributed by atoms with Crippen LogP contribution in [0.3, 0.4) is 0 Å². The van der Waals surface area contributed by atoms with Crippen molar-refractivity contribution < 1.29 is 0 Å². The third-order valence-corrected chi connectivity index (χ3v) is 0.866. The van der Waals surface area contributed by atoms with Gasteiger partial charge in [-0.25, -0.2) is 0 Å². The molecular weight excluding hydrogens is 185 g/mol. The Kier molecular flexibility index (Phi) is 85.5. The van der Waals surface area contributed by atoms with E-state index in [0.29, 0.717) is 0 Å². The van der Waals surface area contributed by atoms with Gasteiger partial charge in [-0.1, -0.05) is 12.2 Å². The molecule has 0 aliphatic rings.